The molecule has 1 amide bonds. The smallest absolute Gasteiger partial charge is 0.258 e. The number of aromatic nitrogens is 5. The first-order valence-electron chi connectivity index (χ1n) is 8.72. The molecule has 1 aromatic carbocycles. The quantitative estimate of drug-likeness (QED) is 0.547. The fourth-order valence-corrected chi connectivity index (χ4v) is 3.69. The molecule has 0 aliphatic rings. The molecule has 0 aliphatic heterocycles. The lowest BCUT2D eigenvalue weighted by Gasteiger charge is -2.07. The SMILES string of the molecule is Cc1cc(C)nc(Nc2ccc(C(=O)Nc3nc4sc(C)c(C)n4n3)cc2)n1. The van der Waals surface area contributed by atoms with Crippen LogP contribution in [-0.4, -0.2) is 30.5 Å². The lowest BCUT2D eigenvalue weighted by atomic mass is 10.2. The predicted molar refractivity (Wildman–Crippen MR) is 110 cm³/mol. The zero-order valence-electron chi connectivity index (χ0n) is 15.9. The molecule has 0 fully saturated rings. The Morgan fingerprint density at radius 2 is 1.64 bits per heavy atom. The molecule has 2 N–H and O–H groups in total. The van der Waals surface area contributed by atoms with Gasteiger partial charge in [-0.3, -0.25) is 10.1 Å². The van der Waals surface area contributed by atoms with Crippen molar-refractivity contribution in [3.8, 4) is 0 Å². The third-order valence-electron chi connectivity index (χ3n) is 4.26. The summed E-state index contributed by atoms with van der Waals surface area (Å²) in [6.07, 6.45) is 0. The first-order chi connectivity index (χ1) is 13.4. The van der Waals surface area contributed by atoms with E-state index in [9.17, 15) is 4.79 Å². The lowest BCUT2D eigenvalue weighted by molar-refractivity contribution is 0.102. The summed E-state index contributed by atoms with van der Waals surface area (Å²) < 4.78 is 1.74. The van der Waals surface area contributed by atoms with Crippen LogP contribution in [0.1, 0.15) is 32.3 Å². The van der Waals surface area contributed by atoms with Crippen molar-refractivity contribution >= 4 is 39.8 Å². The largest absolute Gasteiger partial charge is 0.324 e. The Bertz CT molecular complexity index is 1160. The van der Waals surface area contributed by atoms with Gasteiger partial charge in [0.05, 0.1) is 5.69 Å². The third-order valence-corrected chi connectivity index (χ3v) is 5.31. The van der Waals surface area contributed by atoms with Crippen LogP contribution in [0.4, 0.5) is 17.6 Å². The predicted octanol–water partition coefficient (Wildman–Crippen LogP) is 3.81. The van der Waals surface area contributed by atoms with E-state index in [-0.39, 0.29) is 5.91 Å². The molecule has 3 aromatic heterocycles. The van der Waals surface area contributed by atoms with Crippen molar-refractivity contribution in [2.75, 3.05) is 10.6 Å². The minimum Gasteiger partial charge on any atom is -0.324 e. The number of carbonyl (C=O) groups is 1. The molecule has 0 bridgehead atoms. The number of aryl methyl sites for hydroxylation is 4. The second-order valence-electron chi connectivity index (χ2n) is 6.50. The molecule has 0 radical (unpaired) electrons. The van der Waals surface area contributed by atoms with Crippen LogP contribution in [0.3, 0.4) is 0 Å². The van der Waals surface area contributed by atoms with Crippen molar-refractivity contribution in [2.24, 2.45) is 0 Å². The van der Waals surface area contributed by atoms with Crippen molar-refractivity contribution in [1.29, 1.82) is 0 Å². The molecule has 4 rings (SSSR count). The summed E-state index contributed by atoms with van der Waals surface area (Å²) >= 11 is 1.55. The molecule has 0 saturated heterocycles. The minimum absolute atomic E-state index is 0.262. The van der Waals surface area contributed by atoms with Gasteiger partial charge in [0, 0.05) is 27.5 Å². The fraction of sp³-hybridized carbons (Fsp3) is 0.211. The van der Waals surface area contributed by atoms with Crippen molar-refractivity contribution in [2.45, 2.75) is 27.7 Å². The molecule has 3 heterocycles. The second kappa shape index (κ2) is 7.01. The van der Waals surface area contributed by atoms with Crippen LogP contribution in [0.5, 0.6) is 0 Å². The zero-order chi connectivity index (χ0) is 19.8. The van der Waals surface area contributed by atoms with Gasteiger partial charge in [-0.25, -0.2) is 14.5 Å². The first kappa shape index (κ1) is 18.1. The van der Waals surface area contributed by atoms with E-state index in [2.05, 4.69) is 30.7 Å². The van der Waals surface area contributed by atoms with Gasteiger partial charge in [-0.2, -0.15) is 4.98 Å². The van der Waals surface area contributed by atoms with Gasteiger partial charge in [-0.05, 0) is 58.0 Å². The summed E-state index contributed by atoms with van der Waals surface area (Å²) in [5.41, 5.74) is 4.12. The van der Waals surface area contributed by atoms with Gasteiger partial charge < -0.3 is 5.32 Å². The van der Waals surface area contributed by atoms with Crippen LogP contribution in [0, 0.1) is 27.7 Å². The summed E-state index contributed by atoms with van der Waals surface area (Å²) in [7, 11) is 0. The van der Waals surface area contributed by atoms with Gasteiger partial charge in [0.15, 0.2) is 0 Å². The van der Waals surface area contributed by atoms with Gasteiger partial charge in [0.2, 0.25) is 10.9 Å². The van der Waals surface area contributed by atoms with E-state index in [1.807, 2.05) is 45.9 Å². The highest BCUT2D eigenvalue weighted by atomic mass is 32.1. The summed E-state index contributed by atoms with van der Waals surface area (Å²) in [6.45, 7) is 7.84. The van der Waals surface area contributed by atoms with Crippen LogP contribution in [0.15, 0.2) is 30.3 Å². The van der Waals surface area contributed by atoms with Gasteiger partial charge in [-0.15, -0.1) is 5.10 Å². The van der Waals surface area contributed by atoms with Crippen molar-refractivity contribution in [3.63, 3.8) is 0 Å². The molecule has 0 spiro atoms. The molecule has 0 aliphatic carbocycles. The normalized spacial score (nSPS) is 11.0. The van der Waals surface area contributed by atoms with Crippen LogP contribution in [-0.2, 0) is 0 Å². The second-order valence-corrected chi connectivity index (χ2v) is 7.69. The number of benzene rings is 1. The van der Waals surface area contributed by atoms with E-state index in [0.29, 0.717) is 17.5 Å². The van der Waals surface area contributed by atoms with Crippen molar-refractivity contribution in [3.05, 3.63) is 57.9 Å². The maximum atomic E-state index is 12.5. The van der Waals surface area contributed by atoms with E-state index >= 15 is 0 Å². The number of anilines is 3. The van der Waals surface area contributed by atoms with E-state index in [1.54, 1.807) is 28.0 Å². The number of fused-ring (bicyclic) bond motifs is 1. The average molecular weight is 393 g/mol. The van der Waals surface area contributed by atoms with Crippen LogP contribution in [0.2, 0.25) is 0 Å². The Labute approximate surface area is 165 Å². The molecular formula is C19H19N7OS. The molecule has 9 heteroatoms. The number of carbonyl (C=O) groups excluding carboxylic acids is 1. The topological polar surface area (TPSA) is 97.1 Å². The molecule has 0 saturated carbocycles. The Hall–Kier alpha value is -3.33. The number of rotatable bonds is 4. The van der Waals surface area contributed by atoms with Gasteiger partial charge in [0.1, 0.15) is 0 Å². The summed E-state index contributed by atoms with van der Waals surface area (Å²) in [6, 6.07) is 8.99. The molecular weight excluding hydrogens is 374 g/mol. The van der Waals surface area contributed by atoms with Crippen molar-refractivity contribution in [1.82, 2.24) is 24.6 Å². The number of nitrogens with zero attached hydrogens (tertiary/aromatic N) is 5. The monoisotopic (exact) mass is 393 g/mol. The molecule has 0 unspecified atom stereocenters. The fourth-order valence-electron chi connectivity index (χ4n) is 2.78. The highest BCUT2D eigenvalue weighted by molar-refractivity contribution is 7.17. The molecule has 8 nitrogen and oxygen atoms in total. The zero-order valence-corrected chi connectivity index (χ0v) is 16.8. The first-order valence-corrected chi connectivity index (χ1v) is 9.54. The number of hydrogen-bond donors (Lipinski definition) is 2. The Morgan fingerprint density at radius 3 is 2.29 bits per heavy atom. The standard InChI is InChI=1S/C19H19N7OS/c1-10-9-11(2)21-17(20-10)22-15-7-5-14(6-8-15)16(27)23-18-24-19-26(25-18)12(3)13(4)28-19/h5-9H,1-4H3,(H,20,21,22)(H,23,25,27). The highest BCUT2D eigenvalue weighted by Gasteiger charge is 2.14. The van der Waals surface area contributed by atoms with E-state index in [4.69, 9.17) is 0 Å². The minimum atomic E-state index is -0.262. The Morgan fingerprint density at radius 1 is 0.964 bits per heavy atom. The molecule has 142 valence electrons. The molecule has 28 heavy (non-hydrogen) atoms. The Balaban J connectivity index is 1.47. The van der Waals surface area contributed by atoms with Gasteiger partial charge in [0.25, 0.3) is 11.9 Å². The van der Waals surface area contributed by atoms with Gasteiger partial charge >= 0.3 is 0 Å². The van der Waals surface area contributed by atoms with Gasteiger partial charge in [-0.1, -0.05) is 11.3 Å². The van der Waals surface area contributed by atoms with Crippen LogP contribution >= 0.6 is 11.3 Å². The summed E-state index contributed by atoms with van der Waals surface area (Å²) in [5.74, 6) is 0.565. The number of thiazole rings is 1. The lowest BCUT2D eigenvalue weighted by Crippen LogP contribution is -2.13. The summed E-state index contributed by atoms with van der Waals surface area (Å²) in [4.78, 5) is 27.5. The van der Waals surface area contributed by atoms with Crippen LogP contribution in [0.25, 0.3) is 4.96 Å². The maximum absolute atomic E-state index is 12.5. The average Bonchev–Trinajstić information content (AvgIpc) is 3.13. The molecule has 4 aromatic rings. The molecule has 0 atom stereocenters. The number of amides is 1. The van der Waals surface area contributed by atoms with Crippen LogP contribution < -0.4 is 10.6 Å². The maximum Gasteiger partial charge on any atom is 0.258 e. The van der Waals surface area contributed by atoms with Crippen molar-refractivity contribution < 1.29 is 4.79 Å². The van der Waals surface area contributed by atoms with E-state index in [1.165, 1.54) is 0 Å². The highest BCUT2D eigenvalue weighted by Crippen LogP contribution is 2.21. The summed E-state index contributed by atoms with van der Waals surface area (Å²) in [5, 5.41) is 10.2. The number of nitrogens with one attached hydrogen (secondary N) is 2. The van der Waals surface area contributed by atoms with E-state index in [0.717, 1.165) is 32.6 Å². The van der Waals surface area contributed by atoms with E-state index < -0.39 is 0 Å². The third kappa shape index (κ3) is 3.56. The number of hydrogen-bond acceptors (Lipinski definition) is 7. The Kier molecular flexibility index (Phi) is 4.52.